The van der Waals surface area contributed by atoms with Crippen molar-refractivity contribution >= 4 is 0 Å². The number of benzene rings is 1. The summed E-state index contributed by atoms with van der Waals surface area (Å²) in [7, 11) is 0. The van der Waals surface area contributed by atoms with E-state index < -0.39 is 0 Å². The van der Waals surface area contributed by atoms with E-state index in [4.69, 9.17) is 4.42 Å². The van der Waals surface area contributed by atoms with Crippen LogP contribution in [-0.2, 0) is 6.42 Å². The van der Waals surface area contributed by atoms with Crippen LogP contribution in [0.3, 0.4) is 0 Å². The highest BCUT2D eigenvalue weighted by Gasteiger charge is 1.98. The summed E-state index contributed by atoms with van der Waals surface area (Å²) in [4.78, 5) is 0. The van der Waals surface area contributed by atoms with E-state index in [1.54, 1.807) is 0 Å². The fourth-order valence-electron chi connectivity index (χ4n) is 1.42. The van der Waals surface area contributed by atoms with Crippen LogP contribution in [0, 0.1) is 6.92 Å². The van der Waals surface area contributed by atoms with Crippen LogP contribution in [0.15, 0.2) is 47.1 Å². The molecule has 0 amide bonds. The highest BCUT2D eigenvalue weighted by Crippen LogP contribution is 2.11. The smallest absolute Gasteiger partial charge is 0.100 e. The molecule has 2 aromatic rings. The molecule has 0 saturated carbocycles. The Morgan fingerprint density at radius 2 is 1.85 bits per heavy atom. The van der Waals surface area contributed by atoms with Gasteiger partial charge in [-0.1, -0.05) is 30.3 Å². The topological polar surface area (TPSA) is 13.1 Å². The van der Waals surface area contributed by atoms with Gasteiger partial charge in [0.2, 0.25) is 0 Å². The van der Waals surface area contributed by atoms with Crippen molar-refractivity contribution < 1.29 is 4.42 Å². The predicted molar refractivity (Wildman–Crippen MR) is 52.7 cm³/mol. The molecular formula is C12H12O. The molecule has 13 heavy (non-hydrogen) atoms. The molecule has 2 rings (SSSR count). The Morgan fingerprint density at radius 3 is 2.46 bits per heavy atom. The maximum atomic E-state index is 5.24. The van der Waals surface area contributed by atoms with Crippen LogP contribution < -0.4 is 0 Å². The van der Waals surface area contributed by atoms with Crippen LogP contribution in [0.2, 0.25) is 0 Å². The minimum atomic E-state index is 0.957. The van der Waals surface area contributed by atoms with E-state index in [1.165, 1.54) is 11.1 Å². The second-order valence-electron chi connectivity index (χ2n) is 3.23. The first-order valence-corrected chi connectivity index (χ1v) is 4.42. The normalized spacial score (nSPS) is 10.2. The molecule has 0 radical (unpaired) electrons. The molecule has 0 aliphatic carbocycles. The third-order valence-corrected chi connectivity index (χ3v) is 2.04. The summed E-state index contributed by atoms with van der Waals surface area (Å²) >= 11 is 0. The lowest BCUT2D eigenvalue weighted by atomic mass is 10.1. The van der Waals surface area contributed by atoms with E-state index in [-0.39, 0.29) is 0 Å². The molecule has 66 valence electrons. The predicted octanol–water partition coefficient (Wildman–Crippen LogP) is 3.18. The van der Waals surface area contributed by atoms with Crippen LogP contribution in [0.1, 0.15) is 16.9 Å². The van der Waals surface area contributed by atoms with Gasteiger partial charge in [0.05, 0.1) is 6.26 Å². The fourth-order valence-corrected chi connectivity index (χ4v) is 1.42. The SMILES string of the molecule is Cc1cc(Cc2ccccc2)co1. The van der Waals surface area contributed by atoms with Gasteiger partial charge in [0, 0.05) is 6.42 Å². The number of hydrogen-bond acceptors (Lipinski definition) is 1. The van der Waals surface area contributed by atoms with Crippen molar-refractivity contribution in [3.05, 3.63) is 59.5 Å². The molecule has 1 aromatic heterocycles. The van der Waals surface area contributed by atoms with Gasteiger partial charge in [0.1, 0.15) is 5.76 Å². The molecule has 1 aromatic carbocycles. The second-order valence-corrected chi connectivity index (χ2v) is 3.23. The van der Waals surface area contributed by atoms with Gasteiger partial charge in [-0.2, -0.15) is 0 Å². The maximum Gasteiger partial charge on any atom is 0.100 e. The van der Waals surface area contributed by atoms with Gasteiger partial charge >= 0.3 is 0 Å². The molecule has 0 unspecified atom stereocenters. The third-order valence-electron chi connectivity index (χ3n) is 2.04. The van der Waals surface area contributed by atoms with Crippen LogP contribution in [-0.4, -0.2) is 0 Å². The first-order valence-electron chi connectivity index (χ1n) is 4.42. The van der Waals surface area contributed by atoms with Crippen molar-refractivity contribution in [1.29, 1.82) is 0 Å². The third kappa shape index (κ3) is 2.00. The number of furan rings is 1. The molecule has 0 atom stereocenters. The van der Waals surface area contributed by atoms with Crippen LogP contribution in [0.25, 0.3) is 0 Å². The minimum absolute atomic E-state index is 0.957. The Hall–Kier alpha value is -1.50. The molecule has 0 aliphatic heterocycles. The lowest BCUT2D eigenvalue weighted by Gasteiger charge is -1.95. The number of hydrogen-bond donors (Lipinski definition) is 0. The van der Waals surface area contributed by atoms with E-state index in [2.05, 4.69) is 30.3 Å². The summed E-state index contributed by atoms with van der Waals surface area (Å²) < 4.78 is 5.24. The molecule has 1 heterocycles. The van der Waals surface area contributed by atoms with Gasteiger partial charge in [0.25, 0.3) is 0 Å². The van der Waals surface area contributed by atoms with Crippen molar-refractivity contribution in [2.75, 3.05) is 0 Å². The van der Waals surface area contributed by atoms with Gasteiger partial charge in [-0.3, -0.25) is 0 Å². The first-order chi connectivity index (χ1) is 6.34. The molecule has 0 aliphatic rings. The van der Waals surface area contributed by atoms with Crippen LogP contribution in [0.5, 0.6) is 0 Å². The molecule has 1 nitrogen and oxygen atoms in total. The highest BCUT2D eigenvalue weighted by atomic mass is 16.3. The summed E-state index contributed by atoms with van der Waals surface area (Å²) in [6.45, 7) is 1.97. The molecular weight excluding hydrogens is 160 g/mol. The van der Waals surface area contributed by atoms with Gasteiger partial charge in [-0.05, 0) is 24.1 Å². The van der Waals surface area contributed by atoms with Gasteiger partial charge < -0.3 is 4.42 Å². The van der Waals surface area contributed by atoms with E-state index in [9.17, 15) is 0 Å². The fraction of sp³-hybridized carbons (Fsp3) is 0.167. The summed E-state index contributed by atoms with van der Waals surface area (Å²) in [5, 5.41) is 0. The van der Waals surface area contributed by atoms with Crippen molar-refractivity contribution in [3.63, 3.8) is 0 Å². The summed E-state index contributed by atoms with van der Waals surface area (Å²) in [5.41, 5.74) is 2.56. The molecule has 0 bridgehead atoms. The van der Waals surface area contributed by atoms with Gasteiger partial charge in [0.15, 0.2) is 0 Å². The first kappa shape index (κ1) is 8.11. The van der Waals surface area contributed by atoms with E-state index in [1.807, 2.05) is 19.3 Å². The second kappa shape index (κ2) is 3.48. The monoisotopic (exact) mass is 172 g/mol. The molecule has 1 heteroatoms. The van der Waals surface area contributed by atoms with Crippen molar-refractivity contribution in [1.82, 2.24) is 0 Å². The van der Waals surface area contributed by atoms with Crippen LogP contribution >= 0.6 is 0 Å². The Bertz CT molecular complexity index is 373. The zero-order chi connectivity index (χ0) is 9.10. The minimum Gasteiger partial charge on any atom is -0.469 e. The number of rotatable bonds is 2. The average Bonchev–Trinajstić information content (AvgIpc) is 2.53. The summed E-state index contributed by atoms with van der Waals surface area (Å²) in [6.07, 6.45) is 2.78. The Labute approximate surface area is 78.0 Å². The van der Waals surface area contributed by atoms with Gasteiger partial charge in [-0.15, -0.1) is 0 Å². The van der Waals surface area contributed by atoms with E-state index >= 15 is 0 Å². The quantitative estimate of drug-likeness (QED) is 0.678. The highest BCUT2D eigenvalue weighted by molar-refractivity contribution is 5.24. The van der Waals surface area contributed by atoms with Crippen molar-refractivity contribution in [3.8, 4) is 0 Å². The standard InChI is InChI=1S/C12H12O/c1-10-7-12(9-13-10)8-11-5-3-2-4-6-11/h2-7,9H,8H2,1H3. The van der Waals surface area contributed by atoms with Crippen LogP contribution in [0.4, 0.5) is 0 Å². The van der Waals surface area contributed by atoms with Crippen molar-refractivity contribution in [2.45, 2.75) is 13.3 Å². The van der Waals surface area contributed by atoms with E-state index in [0.717, 1.165) is 12.2 Å². The maximum absolute atomic E-state index is 5.24. The molecule has 0 N–H and O–H groups in total. The average molecular weight is 172 g/mol. The Morgan fingerprint density at radius 1 is 1.08 bits per heavy atom. The lowest BCUT2D eigenvalue weighted by molar-refractivity contribution is 0.532. The summed E-state index contributed by atoms with van der Waals surface area (Å²) in [6, 6.07) is 12.5. The van der Waals surface area contributed by atoms with Crippen molar-refractivity contribution in [2.24, 2.45) is 0 Å². The zero-order valence-corrected chi connectivity index (χ0v) is 7.66. The van der Waals surface area contributed by atoms with Gasteiger partial charge in [-0.25, -0.2) is 0 Å². The molecule has 0 saturated heterocycles. The van der Waals surface area contributed by atoms with E-state index in [0.29, 0.717) is 0 Å². The molecule has 0 fully saturated rings. The largest absolute Gasteiger partial charge is 0.469 e. The lowest BCUT2D eigenvalue weighted by Crippen LogP contribution is -1.83. The molecule has 0 spiro atoms. The number of aryl methyl sites for hydroxylation is 1. The summed E-state index contributed by atoms with van der Waals surface area (Å²) in [5.74, 6) is 0.978. The Kier molecular flexibility index (Phi) is 2.17. The zero-order valence-electron chi connectivity index (χ0n) is 7.66. The Balaban J connectivity index is 2.15.